The third kappa shape index (κ3) is 4.19. The van der Waals surface area contributed by atoms with Crippen molar-refractivity contribution in [1.29, 1.82) is 5.26 Å². The fraction of sp³-hybridized carbons (Fsp3) is 0.545. The van der Waals surface area contributed by atoms with Crippen molar-refractivity contribution in [2.24, 2.45) is 23.2 Å². The number of aromatic nitrogens is 2. The lowest BCUT2D eigenvalue weighted by Gasteiger charge is -2.56. The molecule has 0 atom stereocenters. The van der Waals surface area contributed by atoms with E-state index in [1.54, 1.807) is 11.8 Å². The van der Waals surface area contributed by atoms with Crippen LogP contribution in [-0.2, 0) is 10.5 Å². The highest BCUT2D eigenvalue weighted by Gasteiger charge is 2.51. The van der Waals surface area contributed by atoms with Crippen molar-refractivity contribution < 1.29 is 4.79 Å². The van der Waals surface area contributed by atoms with Crippen LogP contribution in [-0.4, -0.2) is 16.1 Å². The molecule has 29 heavy (non-hydrogen) atoms. The predicted octanol–water partition coefficient (Wildman–Crippen LogP) is 5.25. The van der Waals surface area contributed by atoms with Gasteiger partial charge in [0.1, 0.15) is 0 Å². The lowest BCUT2D eigenvalue weighted by Crippen LogP contribution is -2.47. The minimum Gasteiger partial charge on any atom is -0.300 e. The van der Waals surface area contributed by atoms with Gasteiger partial charge in [-0.25, -0.2) is 0 Å². The smallest absolute Gasteiger partial charge is 0.226 e. The molecule has 4 saturated carbocycles. The summed E-state index contributed by atoms with van der Waals surface area (Å²) in [5.74, 6) is 3.45. The second-order valence-corrected chi connectivity index (χ2v) is 11.3. The van der Waals surface area contributed by atoms with Gasteiger partial charge in [-0.1, -0.05) is 35.2 Å². The van der Waals surface area contributed by atoms with Gasteiger partial charge in [-0.05, 0) is 79.4 Å². The van der Waals surface area contributed by atoms with Gasteiger partial charge in [0, 0.05) is 12.2 Å². The highest BCUT2D eigenvalue weighted by molar-refractivity contribution is 8.00. The molecule has 2 aromatic rings. The predicted molar refractivity (Wildman–Crippen MR) is 114 cm³/mol. The fourth-order valence-electron chi connectivity index (χ4n) is 6.15. The van der Waals surface area contributed by atoms with Crippen LogP contribution in [0, 0.1) is 34.5 Å². The Morgan fingerprint density at radius 2 is 1.79 bits per heavy atom. The first kappa shape index (κ1) is 19.1. The standard InChI is InChI=1S/C22H24N4OS2/c23-12-14-1-3-15(4-2-14)13-28-21-26-25-20(29-21)24-19(27)11-22-8-16-5-17(9-22)7-18(6-16)10-22/h1-4,16-18H,5-11,13H2,(H,24,25,27). The Morgan fingerprint density at radius 3 is 2.41 bits per heavy atom. The number of nitrogens with one attached hydrogen (secondary N) is 1. The summed E-state index contributed by atoms with van der Waals surface area (Å²) < 4.78 is 0.847. The van der Waals surface area contributed by atoms with Crippen LogP contribution >= 0.6 is 23.1 Å². The monoisotopic (exact) mass is 424 g/mol. The molecule has 7 heteroatoms. The normalized spacial score (nSPS) is 29.6. The molecule has 1 aromatic carbocycles. The van der Waals surface area contributed by atoms with E-state index in [1.165, 1.54) is 49.9 Å². The second-order valence-electron chi connectivity index (χ2n) is 9.11. The summed E-state index contributed by atoms with van der Waals surface area (Å²) in [7, 11) is 0. The van der Waals surface area contributed by atoms with Crippen molar-refractivity contribution >= 4 is 34.1 Å². The summed E-state index contributed by atoms with van der Waals surface area (Å²) >= 11 is 3.04. The molecule has 0 spiro atoms. The number of benzene rings is 1. The Bertz CT molecular complexity index is 911. The average Bonchev–Trinajstić information content (AvgIpc) is 3.12. The quantitative estimate of drug-likeness (QED) is 0.506. The van der Waals surface area contributed by atoms with Crippen LogP contribution in [0.1, 0.15) is 56.1 Å². The molecule has 0 saturated heterocycles. The number of carbonyl (C=O) groups is 1. The summed E-state index contributed by atoms with van der Waals surface area (Å²) in [6.07, 6.45) is 8.58. The zero-order valence-corrected chi connectivity index (χ0v) is 17.9. The Labute approximate surface area is 179 Å². The Morgan fingerprint density at radius 1 is 1.14 bits per heavy atom. The minimum absolute atomic E-state index is 0.103. The first-order chi connectivity index (χ1) is 14.1. The number of hydrogen-bond acceptors (Lipinski definition) is 6. The highest BCUT2D eigenvalue weighted by Crippen LogP contribution is 2.61. The number of nitriles is 1. The van der Waals surface area contributed by atoms with Gasteiger partial charge in [-0.15, -0.1) is 10.2 Å². The molecule has 4 aliphatic rings. The first-order valence-corrected chi connectivity index (χ1v) is 12.1. The largest absolute Gasteiger partial charge is 0.300 e. The van der Waals surface area contributed by atoms with Crippen LogP contribution in [0.3, 0.4) is 0 Å². The average molecular weight is 425 g/mol. The van der Waals surface area contributed by atoms with Gasteiger partial charge >= 0.3 is 0 Å². The number of carbonyl (C=O) groups excluding carboxylic acids is 1. The number of hydrogen-bond donors (Lipinski definition) is 1. The van der Waals surface area contributed by atoms with Gasteiger partial charge in [0.05, 0.1) is 11.6 Å². The maximum absolute atomic E-state index is 12.7. The SMILES string of the molecule is N#Cc1ccc(CSc2nnc(NC(=O)CC34CC5CC(CC(C5)C3)C4)s2)cc1. The Balaban J connectivity index is 1.15. The molecule has 0 unspecified atom stereocenters. The molecule has 150 valence electrons. The zero-order valence-electron chi connectivity index (χ0n) is 16.3. The van der Waals surface area contributed by atoms with E-state index in [-0.39, 0.29) is 11.3 Å². The Hall–Kier alpha value is -1.91. The van der Waals surface area contributed by atoms with Crippen LogP contribution < -0.4 is 5.32 Å². The lowest BCUT2D eigenvalue weighted by molar-refractivity contribution is -0.124. The first-order valence-electron chi connectivity index (χ1n) is 10.3. The molecule has 1 amide bonds. The van der Waals surface area contributed by atoms with E-state index in [4.69, 9.17) is 5.26 Å². The van der Waals surface area contributed by atoms with Gasteiger partial charge in [-0.3, -0.25) is 4.79 Å². The number of anilines is 1. The van der Waals surface area contributed by atoms with E-state index in [0.29, 0.717) is 17.1 Å². The third-order valence-electron chi connectivity index (χ3n) is 6.80. The van der Waals surface area contributed by atoms with Crippen LogP contribution in [0.15, 0.2) is 28.6 Å². The van der Waals surface area contributed by atoms with Crippen molar-refractivity contribution in [1.82, 2.24) is 10.2 Å². The molecule has 1 heterocycles. The van der Waals surface area contributed by atoms with Crippen LogP contribution in [0.25, 0.3) is 0 Å². The van der Waals surface area contributed by atoms with Crippen molar-refractivity contribution in [3.8, 4) is 6.07 Å². The van der Waals surface area contributed by atoms with Crippen molar-refractivity contribution in [3.05, 3.63) is 35.4 Å². The number of nitrogens with zero attached hydrogens (tertiary/aromatic N) is 3. The van der Waals surface area contributed by atoms with Crippen molar-refractivity contribution in [2.75, 3.05) is 5.32 Å². The molecule has 0 radical (unpaired) electrons. The van der Waals surface area contributed by atoms with Gasteiger partial charge in [0.15, 0.2) is 4.34 Å². The van der Waals surface area contributed by atoms with Gasteiger partial charge in [-0.2, -0.15) is 5.26 Å². The second kappa shape index (κ2) is 7.73. The fourth-order valence-corrected chi connectivity index (χ4v) is 7.87. The van der Waals surface area contributed by atoms with E-state index in [2.05, 4.69) is 21.6 Å². The lowest BCUT2D eigenvalue weighted by atomic mass is 9.49. The molecule has 4 fully saturated rings. The van der Waals surface area contributed by atoms with E-state index < -0.39 is 0 Å². The van der Waals surface area contributed by atoms with E-state index in [0.717, 1.165) is 33.4 Å². The maximum atomic E-state index is 12.7. The molecule has 4 bridgehead atoms. The zero-order chi connectivity index (χ0) is 19.8. The van der Waals surface area contributed by atoms with Crippen LogP contribution in [0.5, 0.6) is 0 Å². The number of thioether (sulfide) groups is 1. The number of amides is 1. The molecule has 0 aliphatic heterocycles. The highest BCUT2D eigenvalue weighted by atomic mass is 32.2. The van der Waals surface area contributed by atoms with Crippen LogP contribution in [0.4, 0.5) is 5.13 Å². The van der Waals surface area contributed by atoms with Gasteiger partial charge < -0.3 is 5.32 Å². The summed E-state index contributed by atoms with van der Waals surface area (Å²) in [5, 5.41) is 20.8. The topological polar surface area (TPSA) is 78.7 Å². The molecular weight excluding hydrogens is 400 g/mol. The van der Waals surface area contributed by atoms with E-state index >= 15 is 0 Å². The summed E-state index contributed by atoms with van der Waals surface area (Å²) in [4.78, 5) is 12.7. The summed E-state index contributed by atoms with van der Waals surface area (Å²) in [6.45, 7) is 0. The summed E-state index contributed by atoms with van der Waals surface area (Å²) in [5.41, 5.74) is 2.05. The van der Waals surface area contributed by atoms with Crippen molar-refractivity contribution in [3.63, 3.8) is 0 Å². The molecule has 4 aliphatic carbocycles. The Kier molecular flexibility index (Phi) is 5.09. The molecule has 5 nitrogen and oxygen atoms in total. The van der Waals surface area contributed by atoms with Crippen LogP contribution in [0.2, 0.25) is 0 Å². The molecule has 1 aromatic heterocycles. The minimum atomic E-state index is 0.103. The number of rotatable bonds is 6. The molecule has 6 rings (SSSR count). The van der Waals surface area contributed by atoms with E-state index in [9.17, 15) is 4.79 Å². The molecule has 1 N–H and O–H groups in total. The summed E-state index contributed by atoms with van der Waals surface area (Å²) in [6, 6.07) is 9.70. The van der Waals surface area contributed by atoms with Gasteiger partial charge in [0.2, 0.25) is 11.0 Å². The van der Waals surface area contributed by atoms with E-state index in [1.807, 2.05) is 24.3 Å². The van der Waals surface area contributed by atoms with Gasteiger partial charge in [0.25, 0.3) is 0 Å². The third-order valence-corrected chi connectivity index (χ3v) is 8.84. The van der Waals surface area contributed by atoms with Crippen molar-refractivity contribution in [2.45, 2.75) is 55.0 Å². The maximum Gasteiger partial charge on any atom is 0.226 e. The molecular formula is C22H24N4OS2.